The molecule has 4 fully saturated rings. The molecule has 56 valence electrons. The molecule has 2 heteroatoms. The van der Waals surface area contributed by atoms with Gasteiger partial charge in [-0.25, -0.2) is 0 Å². The number of hydrogen-bond donors (Lipinski definition) is 0. The van der Waals surface area contributed by atoms with Crippen LogP contribution >= 0.6 is 15.9 Å². The SMILES string of the molecule is CO[C@H]1C2C3[C@@H]2C[C@@H]1[C@@H]3Br. The van der Waals surface area contributed by atoms with Crippen molar-refractivity contribution in [1.82, 2.24) is 0 Å². The van der Waals surface area contributed by atoms with Crippen molar-refractivity contribution < 1.29 is 4.74 Å². The van der Waals surface area contributed by atoms with E-state index in [1.165, 1.54) is 6.42 Å². The lowest BCUT2D eigenvalue weighted by Crippen LogP contribution is -2.18. The second-order valence-corrected chi connectivity index (χ2v) is 4.92. The van der Waals surface area contributed by atoms with Crippen LogP contribution in [-0.4, -0.2) is 18.0 Å². The van der Waals surface area contributed by atoms with Crippen LogP contribution in [-0.2, 0) is 4.74 Å². The normalized spacial score (nSPS) is 69.0. The number of ether oxygens (including phenoxy) is 1. The van der Waals surface area contributed by atoms with Gasteiger partial charge in [-0.2, -0.15) is 0 Å². The smallest absolute Gasteiger partial charge is 0.0644 e. The molecule has 0 aromatic heterocycles. The van der Waals surface area contributed by atoms with E-state index in [2.05, 4.69) is 15.9 Å². The number of hydrogen-bond acceptors (Lipinski definition) is 1. The first kappa shape index (κ1) is 6.01. The maximum atomic E-state index is 5.46. The first-order chi connectivity index (χ1) is 4.84. The molecule has 1 nitrogen and oxygen atoms in total. The Morgan fingerprint density at radius 1 is 1.30 bits per heavy atom. The van der Waals surface area contributed by atoms with Gasteiger partial charge in [0.25, 0.3) is 0 Å². The zero-order chi connectivity index (χ0) is 6.88. The fourth-order valence-corrected chi connectivity index (χ4v) is 4.58. The minimum atomic E-state index is 0.611. The lowest BCUT2D eigenvalue weighted by atomic mass is 10.1. The van der Waals surface area contributed by atoms with Crippen LogP contribution in [0.15, 0.2) is 0 Å². The van der Waals surface area contributed by atoms with Crippen molar-refractivity contribution in [3.63, 3.8) is 0 Å². The zero-order valence-corrected chi connectivity index (χ0v) is 7.54. The van der Waals surface area contributed by atoms with Crippen molar-refractivity contribution in [2.45, 2.75) is 17.4 Å². The Balaban J connectivity index is 1.95. The predicted octanol–water partition coefficient (Wildman–Crippen LogP) is 1.66. The van der Waals surface area contributed by atoms with Gasteiger partial charge in [0.15, 0.2) is 0 Å². The lowest BCUT2D eigenvalue weighted by molar-refractivity contribution is 0.0732. The molecule has 0 radical (unpaired) electrons. The summed E-state index contributed by atoms with van der Waals surface area (Å²) in [5.74, 6) is 3.83. The summed E-state index contributed by atoms with van der Waals surface area (Å²) in [6.07, 6.45) is 2.04. The molecule has 0 amide bonds. The molecule has 4 rings (SSSR count). The van der Waals surface area contributed by atoms with Gasteiger partial charge in [-0.3, -0.25) is 0 Å². The topological polar surface area (TPSA) is 9.23 Å². The maximum absolute atomic E-state index is 5.46. The van der Waals surface area contributed by atoms with E-state index in [9.17, 15) is 0 Å². The van der Waals surface area contributed by atoms with Gasteiger partial charge >= 0.3 is 0 Å². The van der Waals surface area contributed by atoms with E-state index < -0.39 is 0 Å². The number of methoxy groups -OCH3 is 1. The Hall–Kier alpha value is 0.440. The monoisotopic (exact) mass is 202 g/mol. The highest BCUT2D eigenvalue weighted by Crippen LogP contribution is 2.72. The van der Waals surface area contributed by atoms with Crippen LogP contribution in [0.3, 0.4) is 0 Å². The summed E-state index contributed by atoms with van der Waals surface area (Å²) in [5, 5.41) is 0. The minimum Gasteiger partial charge on any atom is -0.381 e. The minimum absolute atomic E-state index is 0.611. The molecule has 4 aliphatic carbocycles. The zero-order valence-electron chi connectivity index (χ0n) is 5.96. The number of halogens is 1. The summed E-state index contributed by atoms with van der Waals surface area (Å²) in [6.45, 7) is 0. The first-order valence-corrected chi connectivity index (χ1v) is 4.93. The molecule has 4 saturated carbocycles. The van der Waals surface area contributed by atoms with E-state index in [4.69, 9.17) is 4.74 Å². The molecule has 2 unspecified atom stereocenters. The van der Waals surface area contributed by atoms with Gasteiger partial charge in [0, 0.05) is 11.9 Å². The van der Waals surface area contributed by atoms with E-state index in [0.717, 1.165) is 28.5 Å². The summed E-state index contributed by atoms with van der Waals surface area (Å²) in [7, 11) is 1.86. The highest BCUT2D eigenvalue weighted by Gasteiger charge is 2.73. The summed E-state index contributed by atoms with van der Waals surface area (Å²) < 4.78 is 5.46. The van der Waals surface area contributed by atoms with Crippen molar-refractivity contribution in [1.29, 1.82) is 0 Å². The molecular weight excluding hydrogens is 192 g/mol. The first-order valence-electron chi connectivity index (χ1n) is 4.01. The number of rotatable bonds is 1. The highest BCUT2D eigenvalue weighted by atomic mass is 79.9. The fourth-order valence-electron chi connectivity index (χ4n) is 3.32. The molecule has 6 atom stereocenters. The molecule has 0 aromatic carbocycles. The highest BCUT2D eigenvalue weighted by molar-refractivity contribution is 9.09. The van der Waals surface area contributed by atoms with Crippen molar-refractivity contribution in [3.05, 3.63) is 0 Å². The van der Waals surface area contributed by atoms with E-state index in [0.29, 0.717) is 6.10 Å². The Morgan fingerprint density at radius 3 is 2.30 bits per heavy atom. The maximum Gasteiger partial charge on any atom is 0.0644 e. The van der Waals surface area contributed by atoms with Gasteiger partial charge in [-0.1, -0.05) is 15.9 Å². The predicted molar refractivity (Wildman–Crippen MR) is 42.1 cm³/mol. The Morgan fingerprint density at radius 2 is 2.10 bits per heavy atom. The van der Waals surface area contributed by atoms with E-state index in [-0.39, 0.29) is 0 Å². The average molecular weight is 203 g/mol. The van der Waals surface area contributed by atoms with Crippen LogP contribution in [0.5, 0.6) is 0 Å². The van der Waals surface area contributed by atoms with E-state index >= 15 is 0 Å². The van der Waals surface area contributed by atoms with Gasteiger partial charge in [0.2, 0.25) is 0 Å². The van der Waals surface area contributed by atoms with Gasteiger partial charge in [0.05, 0.1) is 6.10 Å². The van der Waals surface area contributed by atoms with Crippen LogP contribution in [0.1, 0.15) is 6.42 Å². The average Bonchev–Trinajstić information content (AvgIpc) is 2.29. The molecule has 4 bridgehead atoms. The number of alkyl halides is 1. The molecular formula is C8H11BrO. The quantitative estimate of drug-likeness (QED) is 0.589. The van der Waals surface area contributed by atoms with Crippen LogP contribution in [0.2, 0.25) is 0 Å². The molecule has 0 aromatic rings. The summed E-state index contributed by atoms with van der Waals surface area (Å²) >= 11 is 3.75. The van der Waals surface area contributed by atoms with Gasteiger partial charge in [-0.05, 0) is 30.1 Å². The van der Waals surface area contributed by atoms with Crippen molar-refractivity contribution in [2.24, 2.45) is 23.7 Å². The standard InChI is InChI=1S/C8H11BrO/c1-10-8-4-2-3-5(6(3)8)7(4)9/h3-8H,2H2,1H3/t3-,4+,5?,6?,7-,8+/m0/s1. The molecule has 0 aliphatic heterocycles. The van der Waals surface area contributed by atoms with Gasteiger partial charge in [-0.15, -0.1) is 0 Å². The van der Waals surface area contributed by atoms with Crippen molar-refractivity contribution in [2.75, 3.05) is 7.11 Å². The van der Waals surface area contributed by atoms with Crippen LogP contribution in [0.4, 0.5) is 0 Å². The molecule has 10 heavy (non-hydrogen) atoms. The van der Waals surface area contributed by atoms with Crippen molar-refractivity contribution in [3.8, 4) is 0 Å². The van der Waals surface area contributed by atoms with Gasteiger partial charge < -0.3 is 4.74 Å². The molecule has 0 saturated heterocycles. The Labute approximate surface area is 69.3 Å². The van der Waals surface area contributed by atoms with Gasteiger partial charge in [0.1, 0.15) is 0 Å². The molecule has 0 spiro atoms. The third kappa shape index (κ3) is 0.444. The summed E-state index contributed by atoms with van der Waals surface area (Å²) in [6, 6.07) is 0. The van der Waals surface area contributed by atoms with Crippen LogP contribution in [0, 0.1) is 23.7 Å². The second kappa shape index (κ2) is 1.61. The van der Waals surface area contributed by atoms with E-state index in [1.54, 1.807) is 0 Å². The largest absolute Gasteiger partial charge is 0.381 e. The molecule has 0 N–H and O–H groups in total. The van der Waals surface area contributed by atoms with Crippen LogP contribution in [0.25, 0.3) is 0 Å². The molecule has 4 aliphatic rings. The fraction of sp³-hybridized carbons (Fsp3) is 1.00. The second-order valence-electron chi connectivity index (χ2n) is 3.86. The molecule has 0 heterocycles. The Kier molecular flexibility index (Phi) is 0.968. The third-order valence-corrected chi connectivity index (χ3v) is 4.98. The summed E-state index contributed by atoms with van der Waals surface area (Å²) in [4.78, 5) is 0.799. The Bertz CT molecular complexity index is 182. The lowest BCUT2D eigenvalue weighted by Gasteiger charge is -2.14. The van der Waals surface area contributed by atoms with Crippen LogP contribution < -0.4 is 0 Å². The van der Waals surface area contributed by atoms with E-state index in [1.807, 2.05) is 7.11 Å². The third-order valence-electron chi connectivity index (χ3n) is 3.69. The summed E-state index contributed by atoms with van der Waals surface area (Å²) in [5.41, 5.74) is 0. The van der Waals surface area contributed by atoms with Crippen molar-refractivity contribution >= 4 is 15.9 Å².